The van der Waals surface area contributed by atoms with Gasteiger partial charge in [-0.05, 0) is 28.1 Å². The van der Waals surface area contributed by atoms with Crippen molar-refractivity contribution in [1.29, 1.82) is 5.26 Å². The third kappa shape index (κ3) is 0.889. The first kappa shape index (κ1) is 7.25. The van der Waals surface area contributed by atoms with Gasteiger partial charge in [0.1, 0.15) is 12.4 Å². The summed E-state index contributed by atoms with van der Waals surface area (Å²) in [6.45, 7) is 0. The number of fused-ring (bicyclic) bond motifs is 1. The summed E-state index contributed by atoms with van der Waals surface area (Å²) in [6.07, 6.45) is 1.42. The highest BCUT2D eigenvalue weighted by molar-refractivity contribution is 9.10. The molecule has 0 spiro atoms. The molecule has 0 aliphatic carbocycles. The predicted molar refractivity (Wildman–Crippen MR) is 45.4 cm³/mol. The van der Waals surface area contributed by atoms with Crippen LogP contribution in [0.4, 0.5) is 0 Å². The molecule has 2 heterocycles. The van der Waals surface area contributed by atoms with Gasteiger partial charge in [-0.3, -0.25) is 0 Å². The normalized spacial score (nSPS) is 10.0. The van der Waals surface area contributed by atoms with E-state index < -0.39 is 0 Å². The minimum Gasteiger partial charge on any atom is -0.215 e. The Morgan fingerprint density at radius 1 is 1.50 bits per heavy atom. The molecule has 0 saturated carbocycles. The van der Waals surface area contributed by atoms with Crippen LogP contribution in [0.25, 0.3) is 5.65 Å². The molecule has 0 aromatic carbocycles. The number of nitrogens with zero attached hydrogens (tertiary/aromatic N) is 4. The Balaban J connectivity index is 2.94. The van der Waals surface area contributed by atoms with E-state index in [1.54, 1.807) is 12.1 Å². The SMILES string of the molecule is N#Cc1c(Br)ccc2ncnn12. The Morgan fingerprint density at radius 2 is 2.33 bits per heavy atom. The van der Waals surface area contributed by atoms with Gasteiger partial charge in [0.25, 0.3) is 0 Å². The van der Waals surface area contributed by atoms with Crippen LogP contribution in [0.1, 0.15) is 5.69 Å². The summed E-state index contributed by atoms with van der Waals surface area (Å²) in [4.78, 5) is 3.95. The maximum atomic E-state index is 8.77. The number of hydrogen-bond acceptors (Lipinski definition) is 3. The number of pyridine rings is 1. The van der Waals surface area contributed by atoms with Crippen molar-refractivity contribution >= 4 is 21.6 Å². The van der Waals surface area contributed by atoms with Crippen LogP contribution in [0, 0.1) is 11.3 Å². The summed E-state index contributed by atoms with van der Waals surface area (Å²) in [5.41, 5.74) is 1.14. The predicted octanol–water partition coefficient (Wildman–Crippen LogP) is 1.36. The molecule has 0 aliphatic heterocycles. The van der Waals surface area contributed by atoms with Gasteiger partial charge in [0.05, 0.1) is 4.47 Å². The topological polar surface area (TPSA) is 54.0 Å². The van der Waals surface area contributed by atoms with E-state index in [2.05, 4.69) is 26.0 Å². The second-order valence-corrected chi connectivity index (χ2v) is 3.03. The van der Waals surface area contributed by atoms with Crippen LogP contribution in [0.5, 0.6) is 0 Å². The van der Waals surface area contributed by atoms with E-state index in [9.17, 15) is 0 Å². The number of aromatic nitrogens is 3. The van der Waals surface area contributed by atoms with Crippen molar-refractivity contribution in [3.05, 3.63) is 28.6 Å². The largest absolute Gasteiger partial charge is 0.215 e. The molecule has 12 heavy (non-hydrogen) atoms. The molecule has 5 heteroatoms. The maximum Gasteiger partial charge on any atom is 0.158 e. The summed E-state index contributed by atoms with van der Waals surface area (Å²) >= 11 is 3.25. The summed E-state index contributed by atoms with van der Waals surface area (Å²) in [5, 5.41) is 12.7. The molecule has 0 radical (unpaired) electrons. The third-order valence-corrected chi connectivity index (χ3v) is 2.14. The van der Waals surface area contributed by atoms with Gasteiger partial charge in [-0.25, -0.2) is 9.50 Å². The van der Waals surface area contributed by atoms with Crippen LogP contribution in [-0.2, 0) is 0 Å². The zero-order chi connectivity index (χ0) is 8.55. The lowest BCUT2D eigenvalue weighted by atomic mass is 10.4. The van der Waals surface area contributed by atoms with Crippen molar-refractivity contribution in [2.24, 2.45) is 0 Å². The first-order valence-electron chi connectivity index (χ1n) is 3.21. The van der Waals surface area contributed by atoms with Gasteiger partial charge in [-0.15, -0.1) is 0 Å². The van der Waals surface area contributed by atoms with Crippen LogP contribution in [0.2, 0.25) is 0 Å². The van der Waals surface area contributed by atoms with Gasteiger partial charge in [0.15, 0.2) is 11.3 Å². The van der Waals surface area contributed by atoms with E-state index in [0.717, 1.165) is 4.47 Å². The van der Waals surface area contributed by atoms with E-state index in [1.165, 1.54) is 10.8 Å². The lowest BCUT2D eigenvalue weighted by Gasteiger charge is -1.96. The van der Waals surface area contributed by atoms with Crippen molar-refractivity contribution in [1.82, 2.24) is 14.6 Å². The monoisotopic (exact) mass is 222 g/mol. The molecule has 2 aromatic heterocycles. The summed E-state index contributed by atoms with van der Waals surface area (Å²) < 4.78 is 2.22. The third-order valence-electron chi connectivity index (χ3n) is 1.50. The molecule has 0 amide bonds. The van der Waals surface area contributed by atoms with Crippen LogP contribution in [-0.4, -0.2) is 14.6 Å². The quantitative estimate of drug-likeness (QED) is 0.677. The zero-order valence-electron chi connectivity index (χ0n) is 5.90. The van der Waals surface area contributed by atoms with Gasteiger partial charge in [0.2, 0.25) is 0 Å². The fraction of sp³-hybridized carbons (Fsp3) is 0. The fourth-order valence-electron chi connectivity index (χ4n) is 0.965. The van der Waals surface area contributed by atoms with Gasteiger partial charge in [0, 0.05) is 0 Å². The molecule has 0 N–H and O–H groups in total. The summed E-state index contributed by atoms with van der Waals surface area (Å²) in [6, 6.07) is 5.61. The number of halogens is 1. The molecule has 0 bridgehead atoms. The number of hydrogen-bond donors (Lipinski definition) is 0. The first-order valence-corrected chi connectivity index (χ1v) is 4.00. The van der Waals surface area contributed by atoms with Gasteiger partial charge >= 0.3 is 0 Å². The highest BCUT2D eigenvalue weighted by atomic mass is 79.9. The molecule has 2 aromatic rings. The second-order valence-electron chi connectivity index (χ2n) is 2.17. The van der Waals surface area contributed by atoms with Crippen LogP contribution >= 0.6 is 15.9 Å². The molecule has 0 aliphatic rings. The van der Waals surface area contributed by atoms with E-state index in [-0.39, 0.29) is 0 Å². The van der Waals surface area contributed by atoms with Gasteiger partial charge < -0.3 is 0 Å². The van der Waals surface area contributed by atoms with E-state index in [1.807, 2.05) is 6.07 Å². The Morgan fingerprint density at radius 3 is 3.08 bits per heavy atom. The van der Waals surface area contributed by atoms with Crippen molar-refractivity contribution in [2.45, 2.75) is 0 Å². The minimum atomic E-state index is 0.463. The van der Waals surface area contributed by atoms with Crippen LogP contribution in [0.15, 0.2) is 22.9 Å². The van der Waals surface area contributed by atoms with Crippen molar-refractivity contribution in [3.63, 3.8) is 0 Å². The molecular weight excluding hydrogens is 220 g/mol. The Hall–Kier alpha value is -1.41. The average Bonchev–Trinajstić information content (AvgIpc) is 2.52. The van der Waals surface area contributed by atoms with E-state index in [0.29, 0.717) is 11.3 Å². The maximum absolute atomic E-state index is 8.77. The van der Waals surface area contributed by atoms with E-state index >= 15 is 0 Å². The average molecular weight is 223 g/mol. The standard InChI is InChI=1S/C7H3BrN4/c8-5-1-2-7-10-4-11-12(7)6(5)3-9/h1-2,4H. The molecule has 0 atom stereocenters. The van der Waals surface area contributed by atoms with Crippen LogP contribution in [0.3, 0.4) is 0 Å². The molecule has 2 rings (SSSR count). The van der Waals surface area contributed by atoms with Crippen LogP contribution < -0.4 is 0 Å². The summed E-state index contributed by atoms with van der Waals surface area (Å²) in [7, 11) is 0. The van der Waals surface area contributed by atoms with Crippen molar-refractivity contribution in [3.8, 4) is 6.07 Å². The van der Waals surface area contributed by atoms with Crippen molar-refractivity contribution < 1.29 is 0 Å². The zero-order valence-corrected chi connectivity index (χ0v) is 7.48. The molecule has 0 fully saturated rings. The summed E-state index contributed by atoms with van der Waals surface area (Å²) in [5.74, 6) is 0. The fourth-order valence-corrected chi connectivity index (χ4v) is 1.35. The molecule has 4 nitrogen and oxygen atoms in total. The minimum absolute atomic E-state index is 0.463. The highest BCUT2D eigenvalue weighted by Gasteiger charge is 2.04. The van der Waals surface area contributed by atoms with Gasteiger partial charge in [-0.2, -0.15) is 10.4 Å². The lowest BCUT2D eigenvalue weighted by Crippen LogP contribution is -1.94. The first-order chi connectivity index (χ1) is 5.83. The Kier molecular flexibility index (Phi) is 1.55. The smallest absolute Gasteiger partial charge is 0.158 e. The number of rotatable bonds is 0. The molecule has 0 unspecified atom stereocenters. The molecule has 0 saturated heterocycles. The molecular formula is C7H3BrN4. The van der Waals surface area contributed by atoms with Gasteiger partial charge in [-0.1, -0.05) is 0 Å². The highest BCUT2D eigenvalue weighted by Crippen LogP contribution is 2.15. The Bertz CT molecular complexity index is 468. The lowest BCUT2D eigenvalue weighted by molar-refractivity contribution is 0.935. The molecule has 58 valence electrons. The van der Waals surface area contributed by atoms with E-state index in [4.69, 9.17) is 5.26 Å². The Labute approximate surface area is 76.6 Å². The van der Waals surface area contributed by atoms with Crippen molar-refractivity contribution in [2.75, 3.05) is 0 Å². The number of nitriles is 1. The second kappa shape index (κ2) is 2.57.